The zero-order valence-corrected chi connectivity index (χ0v) is 13.7. The number of rotatable bonds is 6. The molecule has 17 heavy (non-hydrogen) atoms. The van der Waals surface area contributed by atoms with Gasteiger partial charge in [0.15, 0.2) is 0 Å². The molecule has 0 radical (unpaired) electrons. The highest BCUT2D eigenvalue weighted by molar-refractivity contribution is 14.1. The Morgan fingerprint density at radius 2 is 2.12 bits per heavy atom. The summed E-state index contributed by atoms with van der Waals surface area (Å²) in [5.74, 6) is 0.743. The molecule has 1 aromatic carbocycles. The summed E-state index contributed by atoms with van der Waals surface area (Å²) in [5.41, 5.74) is 1.32. The molecule has 0 aliphatic heterocycles. The second-order valence-electron chi connectivity index (χ2n) is 4.64. The van der Waals surface area contributed by atoms with Crippen LogP contribution in [0.1, 0.15) is 44.7 Å². The van der Waals surface area contributed by atoms with Gasteiger partial charge in [-0.3, -0.25) is 0 Å². The third-order valence-corrected chi connectivity index (χ3v) is 4.32. The molecule has 0 amide bonds. The molecule has 0 aliphatic rings. The molecule has 0 saturated carbocycles. The molecule has 0 saturated heterocycles. The topological polar surface area (TPSA) is 12.0 Å². The van der Waals surface area contributed by atoms with E-state index in [0.717, 1.165) is 10.9 Å². The zero-order valence-electron chi connectivity index (χ0n) is 10.8. The molecule has 3 heteroatoms. The Labute approximate surface area is 123 Å². The molecule has 1 rings (SSSR count). The van der Waals surface area contributed by atoms with Crippen LogP contribution in [0, 0.1) is 9.49 Å². The fourth-order valence-electron chi connectivity index (χ4n) is 2.19. The smallest absolute Gasteiger partial charge is 0.0410 e. The molecule has 0 heterocycles. The fourth-order valence-corrected chi connectivity index (χ4v) is 3.09. The highest BCUT2D eigenvalue weighted by Gasteiger charge is 2.16. The molecule has 0 aromatic heterocycles. The van der Waals surface area contributed by atoms with E-state index in [-0.39, 0.29) is 0 Å². The minimum atomic E-state index is 0.405. The monoisotopic (exact) mass is 365 g/mol. The predicted octanol–water partition coefficient (Wildman–Crippen LogP) is 5.03. The Bertz CT molecular complexity index is 354. The Morgan fingerprint density at radius 1 is 1.41 bits per heavy atom. The molecule has 0 bridgehead atoms. The Kier molecular flexibility index (Phi) is 6.82. The maximum Gasteiger partial charge on any atom is 0.0410 e. The van der Waals surface area contributed by atoms with E-state index in [4.69, 9.17) is 11.6 Å². The van der Waals surface area contributed by atoms with Crippen LogP contribution in [0.25, 0.3) is 0 Å². The molecule has 2 unspecified atom stereocenters. The SMILES string of the molecule is CCCC(C)CC(NC)c1cc(Cl)ccc1I. The van der Waals surface area contributed by atoms with Crippen LogP contribution < -0.4 is 5.32 Å². The van der Waals surface area contributed by atoms with E-state index in [2.05, 4.69) is 53.9 Å². The fraction of sp³-hybridized carbons (Fsp3) is 0.571. The van der Waals surface area contributed by atoms with E-state index in [1.165, 1.54) is 28.4 Å². The summed E-state index contributed by atoms with van der Waals surface area (Å²) >= 11 is 8.47. The van der Waals surface area contributed by atoms with Crippen LogP contribution in [0.15, 0.2) is 18.2 Å². The van der Waals surface area contributed by atoms with Crippen LogP contribution in [0.3, 0.4) is 0 Å². The molecule has 0 fully saturated rings. The molecule has 1 N–H and O–H groups in total. The van der Waals surface area contributed by atoms with Crippen LogP contribution >= 0.6 is 34.2 Å². The van der Waals surface area contributed by atoms with E-state index in [1.54, 1.807) is 0 Å². The highest BCUT2D eigenvalue weighted by Crippen LogP contribution is 2.29. The van der Waals surface area contributed by atoms with Gasteiger partial charge >= 0.3 is 0 Å². The lowest BCUT2D eigenvalue weighted by Gasteiger charge is -2.22. The van der Waals surface area contributed by atoms with Crippen LogP contribution in [0.4, 0.5) is 0 Å². The molecule has 0 spiro atoms. The average molecular weight is 366 g/mol. The number of hydrogen-bond donors (Lipinski definition) is 1. The quantitative estimate of drug-likeness (QED) is 0.697. The summed E-state index contributed by atoms with van der Waals surface area (Å²) < 4.78 is 1.29. The van der Waals surface area contributed by atoms with Crippen molar-refractivity contribution in [1.82, 2.24) is 5.32 Å². The first-order chi connectivity index (χ1) is 8.08. The summed E-state index contributed by atoms with van der Waals surface area (Å²) in [7, 11) is 2.03. The van der Waals surface area contributed by atoms with E-state index in [0.29, 0.717) is 6.04 Å². The van der Waals surface area contributed by atoms with Crippen LogP contribution in [-0.2, 0) is 0 Å². The van der Waals surface area contributed by atoms with Crippen molar-refractivity contribution in [3.63, 3.8) is 0 Å². The van der Waals surface area contributed by atoms with Crippen molar-refractivity contribution in [3.05, 3.63) is 32.4 Å². The van der Waals surface area contributed by atoms with Crippen LogP contribution in [0.2, 0.25) is 5.02 Å². The van der Waals surface area contributed by atoms with Crippen molar-refractivity contribution < 1.29 is 0 Å². The van der Waals surface area contributed by atoms with Gasteiger partial charge < -0.3 is 5.32 Å². The third kappa shape index (κ3) is 4.76. The Morgan fingerprint density at radius 3 is 2.71 bits per heavy atom. The van der Waals surface area contributed by atoms with Gasteiger partial charge in [-0.1, -0.05) is 38.3 Å². The van der Waals surface area contributed by atoms with Gasteiger partial charge in [0.25, 0.3) is 0 Å². The van der Waals surface area contributed by atoms with Gasteiger partial charge in [0.1, 0.15) is 0 Å². The number of halogens is 2. The van der Waals surface area contributed by atoms with Crippen molar-refractivity contribution in [3.8, 4) is 0 Å². The van der Waals surface area contributed by atoms with Crippen molar-refractivity contribution in [2.45, 2.75) is 39.2 Å². The van der Waals surface area contributed by atoms with Gasteiger partial charge in [0.05, 0.1) is 0 Å². The standard InChI is InChI=1S/C14H21ClIN/c1-4-5-10(2)8-14(17-3)12-9-11(15)6-7-13(12)16/h6-7,9-10,14,17H,4-5,8H2,1-3H3. The zero-order chi connectivity index (χ0) is 12.8. The molecule has 0 aliphatic carbocycles. The van der Waals surface area contributed by atoms with Crippen molar-refractivity contribution in [2.24, 2.45) is 5.92 Å². The second kappa shape index (κ2) is 7.59. The lowest BCUT2D eigenvalue weighted by Crippen LogP contribution is -2.20. The van der Waals surface area contributed by atoms with Crippen molar-refractivity contribution >= 4 is 34.2 Å². The summed E-state index contributed by atoms with van der Waals surface area (Å²) in [4.78, 5) is 0. The molecular weight excluding hydrogens is 345 g/mol. The van der Waals surface area contributed by atoms with E-state index in [9.17, 15) is 0 Å². The van der Waals surface area contributed by atoms with Crippen molar-refractivity contribution in [1.29, 1.82) is 0 Å². The minimum absolute atomic E-state index is 0.405. The molecule has 2 atom stereocenters. The van der Waals surface area contributed by atoms with Crippen LogP contribution in [0.5, 0.6) is 0 Å². The number of nitrogens with one attached hydrogen (secondary N) is 1. The molecule has 96 valence electrons. The largest absolute Gasteiger partial charge is 0.313 e. The first kappa shape index (κ1) is 15.3. The van der Waals surface area contributed by atoms with Gasteiger partial charge in [-0.2, -0.15) is 0 Å². The summed E-state index contributed by atoms with van der Waals surface area (Å²) in [6.45, 7) is 4.57. The normalized spacial score (nSPS) is 14.6. The molecular formula is C14H21ClIN. The Balaban J connectivity index is 2.82. The number of benzene rings is 1. The summed E-state index contributed by atoms with van der Waals surface area (Å²) in [5, 5.41) is 4.24. The van der Waals surface area contributed by atoms with E-state index in [1.807, 2.05) is 13.1 Å². The minimum Gasteiger partial charge on any atom is -0.313 e. The maximum atomic E-state index is 6.08. The maximum absolute atomic E-state index is 6.08. The summed E-state index contributed by atoms with van der Waals surface area (Å²) in [6.07, 6.45) is 3.71. The molecule has 1 nitrogen and oxygen atoms in total. The van der Waals surface area contributed by atoms with Gasteiger partial charge in [0, 0.05) is 14.6 Å². The number of hydrogen-bond acceptors (Lipinski definition) is 1. The highest BCUT2D eigenvalue weighted by atomic mass is 127. The first-order valence-electron chi connectivity index (χ1n) is 6.20. The lowest BCUT2D eigenvalue weighted by molar-refractivity contribution is 0.406. The summed E-state index contributed by atoms with van der Waals surface area (Å²) in [6, 6.07) is 6.53. The Hall–Kier alpha value is 0.200. The predicted molar refractivity (Wildman–Crippen MR) is 84.7 cm³/mol. The van der Waals surface area contributed by atoms with Gasteiger partial charge in [0.2, 0.25) is 0 Å². The second-order valence-corrected chi connectivity index (χ2v) is 6.24. The third-order valence-electron chi connectivity index (χ3n) is 3.10. The van der Waals surface area contributed by atoms with Gasteiger partial charge in [-0.15, -0.1) is 0 Å². The first-order valence-corrected chi connectivity index (χ1v) is 7.66. The van der Waals surface area contributed by atoms with Crippen molar-refractivity contribution in [2.75, 3.05) is 7.05 Å². The average Bonchev–Trinajstić information content (AvgIpc) is 2.30. The molecule has 1 aromatic rings. The van der Waals surface area contributed by atoms with E-state index >= 15 is 0 Å². The van der Waals surface area contributed by atoms with Crippen LogP contribution in [-0.4, -0.2) is 7.05 Å². The van der Waals surface area contributed by atoms with Gasteiger partial charge in [-0.25, -0.2) is 0 Å². The van der Waals surface area contributed by atoms with Gasteiger partial charge in [-0.05, 0) is 65.7 Å². The van der Waals surface area contributed by atoms with E-state index < -0.39 is 0 Å². The lowest BCUT2D eigenvalue weighted by atomic mass is 9.93.